The van der Waals surface area contributed by atoms with E-state index in [1.807, 2.05) is 18.2 Å². The molecule has 1 unspecified atom stereocenters. The third-order valence-electron chi connectivity index (χ3n) is 5.11. The lowest BCUT2D eigenvalue weighted by molar-refractivity contribution is -0.117. The van der Waals surface area contributed by atoms with Crippen molar-refractivity contribution in [1.29, 1.82) is 0 Å². The molecule has 3 aromatic rings. The zero-order chi connectivity index (χ0) is 20.3. The number of sulfonamides is 1. The van der Waals surface area contributed by atoms with Gasteiger partial charge in [0.2, 0.25) is 15.9 Å². The van der Waals surface area contributed by atoms with Gasteiger partial charge in [0.05, 0.1) is 23.6 Å². The highest BCUT2D eigenvalue weighted by Crippen LogP contribution is 2.32. The molecular weight excluding hydrogens is 388 g/mol. The smallest absolute Gasteiger partial charge is 0.241 e. The van der Waals surface area contributed by atoms with Crippen LogP contribution in [0.1, 0.15) is 35.6 Å². The summed E-state index contributed by atoms with van der Waals surface area (Å²) in [6, 6.07) is 17.7. The standard InChI is InChI=1S/C22H22N2O4S/c25-22(21-12-3-7-16-6-1-2-11-20(16)21)24-17-8-4-10-19(14-17)29(26,27)23-15-18-9-5-13-28-18/h1-2,4-6,8-11,13-14,21,23H,3,7,12,15H2,(H,24,25). The molecule has 4 rings (SSSR count). The van der Waals surface area contributed by atoms with Crippen LogP contribution in [0.4, 0.5) is 5.69 Å². The minimum absolute atomic E-state index is 0.0603. The zero-order valence-corrected chi connectivity index (χ0v) is 16.6. The van der Waals surface area contributed by atoms with E-state index in [0.717, 1.165) is 24.8 Å². The zero-order valence-electron chi connectivity index (χ0n) is 15.8. The van der Waals surface area contributed by atoms with E-state index in [4.69, 9.17) is 4.42 Å². The fraction of sp³-hybridized carbons (Fsp3) is 0.227. The number of hydrogen-bond acceptors (Lipinski definition) is 4. The maximum absolute atomic E-state index is 12.9. The van der Waals surface area contributed by atoms with Gasteiger partial charge in [-0.1, -0.05) is 30.3 Å². The van der Waals surface area contributed by atoms with Gasteiger partial charge in [-0.2, -0.15) is 0 Å². The molecule has 2 N–H and O–H groups in total. The maximum Gasteiger partial charge on any atom is 0.241 e. The predicted octanol–water partition coefficient (Wildman–Crippen LogP) is 3.82. The van der Waals surface area contributed by atoms with Gasteiger partial charge in [0, 0.05) is 5.69 Å². The molecule has 0 radical (unpaired) electrons. The molecule has 1 heterocycles. The van der Waals surface area contributed by atoms with Crippen molar-refractivity contribution < 1.29 is 17.6 Å². The molecule has 0 bridgehead atoms. The number of benzene rings is 2. The fourth-order valence-electron chi connectivity index (χ4n) is 3.66. The van der Waals surface area contributed by atoms with Gasteiger partial charge in [-0.05, 0) is 60.7 Å². The summed E-state index contributed by atoms with van der Waals surface area (Å²) < 4.78 is 32.8. The van der Waals surface area contributed by atoms with Crippen LogP contribution in [-0.4, -0.2) is 14.3 Å². The Bertz CT molecular complexity index is 1110. The van der Waals surface area contributed by atoms with E-state index >= 15 is 0 Å². The number of hydrogen-bond donors (Lipinski definition) is 2. The monoisotopic (exact) mass is 410 g/mol. The molecule has 29 heavy (non-hydrogen) atoms. The van der Waals surface area contributed by atoms with E-state index < -0.39 is 10.0 Å². The quantitative estimate of drug-likeness (QED) is 0.647. The number of rotatable bonds is 6. The van der Waals surface area contributed by atoms with Crippen molar-refractivity contribution >= 4 is 21.6 Å². The number of carbonyl (C=O) groups is 1. The Balaban J connectivity index is 1.48. The number of anilines is 1. The van der Waals surface area contributed by atoms with Crippen LogP contribution in [0.5, 0.6) is 0 Å². The summed E-state index contributed by atoms with van der Waals surface area (Å²) in [5.41, 5.74) is 2.72. The Kier molecular flexibility index (Phi) is 5.51. The lowest BCUT2D eigenvalue weighted by Crippen LogP contribution is -2.25. The number of nitrogens with one attached hydrogen (secondary N) is 2. The van der Waals surface area contributed by atoms with Crippen molar-refractivity contribution in [2.45, 2.75) is 36.6 Å². The first-order chi connectivity index (χ1) is 14.0. The Morgan fingerprint density at radius 1 is 1.07 bits per heavy atom. The normalized spacial score (nSPS) is 16.2. The molecule has 2 aromatic carbocycles. The molecule has 0 aliphatic heterocycles. The van der Waals surface area contributed by atoms with E-state index in [-0.39, 0.29) is 23.3 Å². The first-order valence-corrected chi connectivity index (χ1v) is 11.0. The van der Waals surface area contributed by atoms with E-state index in [0.29, 0.717) is 11.4 Å². The van der Waals surface area contributed by atoms with Gasteiger partial charge >= 0.3 is 0 Å². The molecule has 0 fully saturated rings. The lowest BCUT2D eigenvalue weighted by atomic mass is 9.82. The van der Waals surface area contributed by atoms with Gasteiger partial charge in [0.15, 0.2) is 0 Å². The van der Waals surface area contributed by atoms with Crippen molar-refractivity contribution in [1.82, 2.24) is 4.72 Å². The van der Waals surface area contributed by atoms with Crippen molar-refractivity contribution in [2.75, 3.05) is 5.32 Å². The summed E-state index contributed by atoms with van der Waals surface area (Å²) in [7, 11) is -3.73. The minimum atomic E-state index is -3.73. The third kappa shape index (κ3) is 4.41. The van der Waals surface area contributed by atoms with Crippen LogP contribution in [0.2, 0.25) is 0 Å². The average molecular weight is 410 g/mol. The number of carbonyl (C=O) groups excluding carboxylic acids is 1. The molecule has 0 saturated heterocycles. The largest absolute Gasteiger partial charge is 0.468 e. The average Bonchev–Trinajstić information content (AvgIpc) is 3.26. The summed E-state index contributed by atoms with van der Waals surface area (Å²) in [6.07, 6.45) is 4.21. The second-order valence-corrected chi connectivity index (χ2v) is 8.83. The van der Waals surface area contributed by atoms with Crippen molar-refractivity contribution in [3.8, 4) is 0 Å². The highest BCUT2D eigenvalue weighted by molar-refractivity contribution is 7.89. The summed E-state index contributed by atoms with van der Waals surface area (Å²) in [5, 5.41) is 2.89. The van der Waals surface area contributed by atoms with Crippen LogP contribution >= 0.6 is 0 Å². The molecule has 1 aromatic heterocycles. The van der Waals surface area contributed by atoms with Crippen molar-refractivity contribution in [3.05, 3.63) is 83.8 Å². The van der Waals surface area contributed by atoms with Crippen LogP contribution in [0.3, 0.4) is 0 Å². The van der Waals surface area contributed by atoms with Crippen molar-refractivity contribution in [3.63, 3.8) is 0 Å². The highest BCUT2D eigenvalue weighted by Gasteiger charge is 2.26. The Morgan fingerprint density at radius 2 is 1.93 bits per heavy atom. The lowest BCUT2D eigenvalue weighted by Gasteiger charge is -2.24. The number of aryl methyl sites for hydroxylation is 1. The molecule has 7 heteroatoms. The maximum atomic E-state index is 12.9. The van der Waals surface area contributed by atoms with Crippen LogP contribution < -0.4 is 10.0 Å². The van der Waals surface area contributed by atoms with Gasteiger partial charge in [-0.3, -0.25) is 4.79 Å². The Hall–Kier alpha value is -2.90. The Labute approximate surface area is 170 Å². The van der Waals surface area contributed by atoms with Gasteiger partial charge < -0.3 is 9.73 Å². The van der Waals surface area contributed by atoms with Crippen LogP contribution in [0.15, 0.2) is 76.2 Å². The van der Waals surface area contributed by atoms with Crippen LogP contribution in [0, 0.1) is 0 Å². The molecule has 6 nitrogen and oxygen atoms in total. The molecule has 1 aliphatic carbocycles. The van der Waals surface area contributed by atoms with E-state index in [2.05, 4.69) is 16.1 Å². The van der Waals surface area contributed by atoms with E-state index in [9.17, 15) is 13.2 Å². The summed E-state index contributed by atoms with van der Waals surface area (Å²) in [5.74, 6) is 0.182. The topological polar surface area (TPSA) is 88.4 Å². The molecule has 1 aliphatic rings. The van der Waals surface area contributed by atoms with E-state index in [1.165, 1.54) is 24.0 Å². The SMILES string of the molecule is O=C(Nc1cccc(S(=O)(=O)NCc2ccco2)c1)C1CCCc2ccccc21. The van der Waals surface area contributed by atoms with E-state index in [1.54, 1.807) is 24.3 Å². The van der Waals surface area contributed by atoms with Gasteiger partial charge in [-0.25, -0.2) is 13.1 Å². The Morgan fingerprint density at radius 3 is 2.76 bits per heavy atom. The number of furan rings is 1. The molecule has 0 spiro atoms. The molecule has 0 saturated carbocycles. The predicted molar refractivity (Wildman–Crippen MR) is 110 cm³/mol. The highest BCUT2D eigenvalue weighted by atomic mass is 32.2. The third-order valence-corrected chi connectivity index (χ3v) is 6.51. The number of fused-ring (bicyclic) bond motifs is 1. The number of amides is 1. The molecule has 1 atom stereocenters. The second kappa shape index (κ2) is 8.23. The fourth-order valence-corrected chi connectivity index (χ4v) is 4.70. The first-order valence-electron chi connectivity index (χ1n) is 9.54. The summed E-state index contributed by atoms with van der Waals surface area (Å²) in [4.78, 5) is 13.0. The molecular formula is C22H22N2O4S. The second-order valence-electron chi connectivity index (χ2n) is 7.06. The molecule has 1 amide bonds. The van der Waals surface area contributed by atoms with Gasteiger partial charge in [-0.15, -0.1) is 0 Å². The van der Waals surface area contributed by atoms with Gasteiger partial charge in [0.25, 0.3) is 0 Å². The van der Waals surface area contributed by atoms with Crippen LogP contribution in [0.25, 0.3) is 0 Å². The summed E-state index contributed by atoms with van der Waals surface area (Å²) >= 11 is 0. The van der Waals surface area contributed by atoms with Crippen LogP contribution in [-0.2, 0) is 27.8 Å². The first kappa shape index (κ1) is 19.4. The summed E-state index contributed by atoms with van der Waals surface area (Å²) in [6.45, 7) is 0.0603. The minimum Gasteiger partial charge on any atom is -0.468 e. The van der Waals surface area contributed by atoms with Crippen molar-refractivity contribution in [2.24, 2.45) is 0 Å². The van der Waals surface area contributed by atoms with Gasteiger partial charge in [0.1, 0.15) is 5.76 Å². The molecule has 150 valence electrons.